The number of hydrogen-bond donors (Lipinski definition) is 0. The van der Waals surface area contributed by atoms with E-state index in [0.717, 1.165) is 24.9 Å². The summed E-state index contributed by atoms with van der Waals surface area (Å²) in [5, 5.41) is 0. The second-order valence-electron chi connectivity index (χ2n) is 8.31. The minimum Gasteiger partial charge on any atom is -0.376 e. The van der Waals surface area contributed by atoms with Crippen LogP contribution in [0.5, 0.6) is 0 Å². The van der Waals surface area contributed by atoms with Gasteiger partial charge in [0.15, 0.2) is 0 Å². The third-order valence-electron chi connectivity index (χ3n) is 6.23. The molecule has 1 saturated carbocycles. The molecule has 2 aromatic carbocycles. The zero-order valence-corrected chi connectivity index (χ0v) is 18.0. The van der Waals surface area contributed by atoms with Crippen molar-refractivity contribution >= 4 is 0 Å². The Kier molecular flexibility index (Phi) is 8.77. The Morgan fingerprint density at radius 2 is 1.55 bits per heavy atom. The van der Waals surface area contributed by atoms with Crippen LogP contribution in [-0.2, 0) is 11.3 Å². The molecule has 0 bridgehead atoms. The molecule has 29 heavy (non-hydrogen) atoms. The van der Waals surface area contributed by atoms with Gasteiger partial charge in [-0.15, -0.1) is 6.58 Å². The molecule has 1 heteroatoms. The topological polar surface area (TPSA) is 9.23 Å². The summed E-state index contributed by atoms with van der Waals surface area (Å²) in [6.45, 7) is 7.37. The molecule has 0 aromatic heterocycles. The Bertz CT molecular complexity index is 746. The average Bonchev–Trinajstić information content (AvgIpc) is 2.78. The quantitative estimate of drug-likeness (QED) is 0.295. The van der Waals surface area contributed by atoms with Crippen molar-refractivity contribution < 1.29 is 4.74 Å². The van der Waals surface area contributed by atoms with Crippen molar-refractivity contribution in [3.8, 4) is 11.1 Å². The molecule has 1 aliphatic carbocycles. The summed E-state index contributed by atoms with van der Waals surface area (Å²) < 4.78 is 5.72. The first-order valence-electron chi connectivity index (χ1n) is 11.3. The first-order valence-corrected chi connectivity index (χ1v) is 11.3. The maximum atomic E-state index is 5.72. The third-order valence-corrected chi connectivity index (χ3v) is 6.23. The molecule has 0 unspecified atom stereocenters. The smallest absolute Gasteiger partial charge is 0.0717 e. The van der Waals surface area contributed by atoms with Crippen LogP contribution in [0.3, 0.4) is 0 Å². The summed E-state index contributed by atoms with van der Waals surface area (Å²) in [6.07, 6.45) is 15.2. The molecule has 0 heterocycles. The first kappa shape index (κ1) is 21.6. The molecule has 0 aliphatic heterocycles. The predicted molar refractivity (Wildman–Crippen MR) is 125 cm³/mol. The van der Waals surface area contributed by atoms with Crippen LogP contribution in [0.4, 0.5) is 0 Å². The lowest BCUT2D eigenvalue weighted by molar-refractivity contribution is 0.125. The van der Waals surface area contributed by atoms with Crippen molar-refractivity contribution in [2.45, 2.75) is 64.4 Å². The fourth-order valence-electron chi connectivity index (χ4n) is 4.39. The van der Waals surface area contributed by atoms with E-state index in [1.807, 2.05) is 6.92 Å². The van der Waals surface area contributed by atoms with E-state index in [1.165, 1.54) is 60.8 Å². The molecule has 1 fully saturated rings. The highest BCUT2D eigenvalue weighted by Crippen LogP contribution is 2.38. The Morgan fingerprint density at radius 1 is 0.897 bits per heavy atom. The van der Waals surface area contributed by atoms with E-state index in [2.05, 4.69) is 73.3 Å². The van der Waals surface area contributed by atoms with E-state index in [4.69, 9.17) is 4.74 Å². The molecule has 154 valence electrons. The van der Waals surface area contributed by atoms with Gasteiger partial charge in [-0.05, 0) is 86.0 Å². The van der Waals surface area contributed by atoms with Crippen LogP contribution >= 0.6 is 0 Å². The second-order valence-corrected chi connectivity index (χ2v) is 8.31. The fourth-order valence-corrected chi connectivity index (χ4v) is 4.39. The number of hydrogen-bond acceptors (Lipinski definition) is 1. The highest BCUT2D eigenvalue weighted by atomic mass is 16.5. The van der Waals surface area contributed by atoms with Gasteiger partial charge >= 0.3 is 0 Å². The molecular formula is C28H36O. The minimum absolute atomic E-state index is 0.687. The molecule has 0 saturated heterocycles. The number of ether oxygens (including phenoxy) is 1. The Hall–Kier alpha value is -2.12. The number of benzene rings is 2. The molecule has 0 N–H and O–H groups in total. The highest BCUT2D eigenvalue weighted by molar-refractivity contribution is 5.64. The molecule has 2 aromatic rings. The monoisotopic (exact) mass is 388 g/mol. The van der Waals surface area contributed by atoms with Gasteiger partial charge < -0.3 is 4.74 Å². The van der Waals surface area contributed by atoms with E-state index >= 15 is 0 Å². The Morgan fingerprint density at radius 3 is 2.17 bits per heavy atom. The first-order chi connectivity index (χ1) is 14.3. The van der Waals surface area contributed by atoms with Crippen molar-refractivity contribution in [2.24, 2.45) is 5.92 Å². The Balaban J connectivity index is 1.50. The van der Waals surface area contributed by atoms with Crippen LogP contribution < -0.4 is 0 Å². The largest absolute Gasteiger partial charge is 0.376 e. The summed E-state index contributed by atoms with van der Waals surface area (Å²) in [6, 6.07) is 18.1. The summed E-state index contributed by atoms with van der Waals surface area (Å²) in [5.74, 6) is 1.65. The molecule has 0 amide bonds. The minimum atomic E-state index is 0.687. The SMILES string of the molecule is C=CCC[C@H]1CC[C@H](c2ccc(-c3ccc(COCCC=CC)cc3)cc2)CC1. The van der Waals surface area contributed by atoms with Gasteiger partial charge in [0.2, 0.25) is 0 Å². The Labute approximate surface area is 177 Å². The van der Waals surface area contributed by atoms with Crippen LogP contribution in [0.15, 0.2) is 73.3 Å². The standard InChI is InChI=1S/C28H36O/c1-3-5-7-21-29-22-24-11-15-26(16-12-24)28-19-17-27(18-20-28)25-13-9-23(10-14-25)8-6-4-2/h3-5,11-12,15-20,23,25H,2,6-10,13-14,21-22H2,1H3/t23-,25-. The van der Waals surface area contributed by atoms with Crippen molar-refractivity contribution in [3.05, 3.63) is 84.5 Å². The maximum absolute atomic E-state index is 5.72. The number of allylic oxidation sites excluding steroid dienone is 2. The van der Waals surface area contributed by atoms with Crippen LogP contribution in [0.25, 0.3) is 11.1 Å². The summed E-state index contributed by atoms with van der Waals surface area (Å²) in [7, 11) is 0. The van der Waals surface area contributed by atoms with Crippen molar-refractivity contribution in [1.82, 2.24) is 0 Å². The molecule has 3 rings (SSSR count). The van der Waals surface area contributed by atoms with Gasteiger partial charge in [-0.2, -0.15) is 0 Å². The van der Waals surface area contributed by atoms with Crippen molar-refractivity contribution in [2.75, 3.05) is 6.61 Å². The maximum Gasteiger partial charge on any atom is 0.0717 e. The van der Waals surface area contributed by atoms with Crippen LogP contribution in [-0.4, -0.2) is 6.61 Å². The van der Waals surface area contributed by atoms with Gasteiger partial charge in [0.05, 0.1) is 13.2 Å². The highest BCUT2D eigenvalue weighted by Gasteiger charge is 2.21. The molecule has 0 spiro atoms. The predicted octanol–water partition coefficient (Wildman–Crippen LogP) is 8.08. The number of rotatable bonds is 10. The molecule has 0 atom stereocenters. The summed E-state index contributed by atoms with van der Waals surface area (Å²) >= 11 is 0. The average molecular weight is 389 g/mol. The van der Waals surface area contributed by atoms with Gasteiger partial charge in [-0.25, -0.2) is 0 Å². The third kappa shape index (κ3) is 6.72. The normalized spacial score (nSPS) is 19.5. The summed E-state index contributed by atoms with van der Waals surface area (Å²) in [4.78, 5) is 0. The van der Waals surface area contributed by atoms with E-state index in [0.29, 0.717) is 6.61 Å². The zero-order chi connectivity index (χ0) is 20.3. The van der Waals surface area contributed by atoms with Gasteiger partial charge in [0, 0.05) is 0 Å². The van der Waals surface area contributed by atoms with E-state index in [1.54, 1.807) is 0 Å². The lowest BCUT2D eigenvalue weighted by Crippen LogP contribution is -2.13. The van der Waals surface area contributed by atoms with Crippen LogP contribution in [0.2, 0.25) is 0 Å². The molecular weight excluding hydrogens is 352 g/mol. The van der Waals surface area contributed by atoms with Gasteiger partial charge in [0.1, 0.15) is 0 Å². The van der Waals surface area contributed by atoms with Gasteiger partial charge in [0.25, 0.3) is 0 Å². The lowest BCUT2D eigenvalue weighted by atomic mass is 9.77. The van der Waals surface area contributed by atoms with E-state index in [9.17, 15) is 0 Å². The zero-order valence-electron chi connectivity index (χ0n) is 18.0. The summed E-state index contributed by atoms with van der Waals surface area (Å²) in [5.41, 5.74) is 5.33. The van der Waals surface area contributed by atoms with Gasteiger partial charge in [-0.1, -0.05) is 66.8 Å². The fraction of sp³-hybridized carbons (Fsp3) is 0.429. The molecule has 1 nitrogen and oxygen atoms in total. The molecule has 0 radical (unpaired) electrons. The lowest BCUT2D eigenvalue weighted by Gasteiger charge is -2.28. The van der Waals surface area contributed by atoms with Crippen molar-refractivity contribution in [1.29, 1.82) is 0 Å². The van der Waals surface area contributed by atoms with E-state index in [-0.39, 0.29) is 0 Å². The van der Waals surface area contributed by atoms with Gasteiger partial charge in [-0.3, -0.25) is 0 Å². The van der Waals surface area contributed by atoms with Crippen molar-refractivity contribution in [3.63, 3.8) is 0 Å². The van der Waals surface area contributed by atoms with E-state index < -0.39 is 0 Å². The molecule has 1 aliphatic rings. The van der Waals surface area contributed by atoms with Crippen LogP contribution in [0, 0.1) is 5.92 Å². The van der Waals surface area contributed by atoms with Crippen LogP contribution in [0.1, 0.15) is 68.9 Å². The second kappa shape index (κ2) is 11.8.